The Labute approximate surface area is 128 Å². The van der Waals surface area contributed by atoms with Gasteiger partial charge in [-0.3, -0.25) is 14.9 Å². The maximum Gasteiger partial charge on any atom is 0.308 e. The summed E-state index contributed by atoms with van der Waals surface area (Å²) in [5, 5.41) is 12.9. The number of nitrogens with one attached hydrogen (secondary N) is 1. The maximum atomic E-state index is 13.6. The van der Waals surface area contributed by atoms with Crippen LogP contribution >= 0.6 is 0 Å². The van der Waals surface area contributed by atoms with Crippen LogP contribution < -0.4 is 5.32 Å². The molecule has 0 radical (unpaired) electrons. The van der Waals surface area contributed by atoms with Crippen LogP contribution in [-0.4, -0.2) is 10.8 Å². The van der Waals surface area contributed by atoms with Crippen LogP contribution in [-0.2, 0) is 6.54 Å². The Morgan fingerprint density at radius 2 is 1.87 bits per heavy atom. The minimum Gasteiger partial charge on any atom is -0.348 e. The molecule has 0 saturated heterocycles. The number of halogens is 3. The summed E-state index contributed by atoms with van der Waals surface area (Å²) in [4.78, 5) is 21.3. The second-order valence-electron chi connectivity index (χ2n) is 4.81. The molecule has 1 N–H and O–H groups in total. The molecule has 0 aromatic heterocycles. The lowest BCUT2D eigenvalue weighted by molar-refractivity contribution is -0.387. The average molecular weight is 324 g/mol. The van der Waals surface area contributed by atoms with Gasteiger partial charge in [0.2, 0.25) is 11.6 Å². The Bertz CT molecular complexity index is 794. The number of nitrogens with zero attached hydrogens (tertiary/aromatic N) is 1. The van der Waals surface area contributed by atoms with Crippen LogP contribution in [0.3, 0.4) is 0 Å². The summed E-state index contributed by atoms with van der Waals surface area (Å²) >= 11 is 0. The molecule has 5 nitrogen and oxygen atoms in total. The van der Waals surface area contributed by atoms with Crippen molar-refractivity contribution in [2.24, 2.45) is 0 Å². The molecule has 2 rings (SSSR count). The Morgan fingerprint density at radius 3 is 2.48 bits per heavy atom. The molecule has 23 heavy (non-hydrogen) atoms. The van der Waals surface area contributed by atoms with Crippen molar-refractivity contribution in [3.63, 3.8) is 0 Å². The lowest BCUT2D eigenvalue weighted by Gasteiger charge is -2.08. The van der Waals surface area contributed by atoms with Crippen LogP contribution in [0.25, 0.3) is 0 Å². The molecule has 0 bridgehead atoms. The summed E-state index contributed by atoms with van der Waals surface area (Å²) in [6.45, 7) is 1.84. The molecule has 0 saturated carbocycles. The molecular formula is C15H11F3N2O3. The van der Waals surface area contributed by atoms with Gasteiger partial charge < -0.3 is 5.32 Å². The number of benzene rings is 2. The first-order valence-corrected chi connectivity index (χ1v) is 6.47. The van der Waals surface area contributed by atoms with Crippen LogP contribution in [0, 0.1) is 34.5 Å². The summed E-state index contributed by atoms with van der Waals surface area (Å²) in [7, 11) is 0. The van der Waals surface area contributed by atoms with Crippen molar-refractivity contribution in [2.45, 2.75) is 13.5 Å². The van der Waals surface area contributed by atoms with Gasteiger partial charge in [0.1, 0.15) is 0 Å². The van der Waals surface area contributed by atoms with Crippen LogP contribution in [0.4, 0.5) is 18.9 Å². The average Bonchev–Trinajstić information content (AvgIpc) is 2.50. The number of hydrogen-bond acceptors (Lipinski definition) is 3. The highest BCUT2D eigenvalue weighted by Crippen LogP contribution is 2.25. The highest BCUT2D eigenvalue weighted by atomic mass is 19.2. The zero-order valence-electron chi connectivity index (χ0n) is 11.9. The van der Waals surface area contributed by atoms with Crippen LogP contribution in [0.2, 0.25) is 0 Å². The molecule has 0 aliphatic heterocycles. The van der Waals surface area contributed by atoms with E-state index in [4.69, 9.17) is 0 Å². The Morgan fingerprint density at radius 1 is 1.17 bits per heavy atom. The SMILES string of the molecule is Cc1cccc(CNC(=O)c2cc([N+](=O)[O-])c(F)c(F)c2F)c1. The summed E-state index contributed by atoms with van der Waals surface area (Å²) in [5.74, 6) is -6.84. The predicted octanol–water partition coefficient (Wildman–Crippen LogP) is 3.25. The van der Waals surface area contributed by atoms with E-state index in [0.29, 0.717) is 11.6 Å². The lowest BCUT2D eigenvalue weighted by Crippen LogP contribution is -2.24. The maximum absolute atomic E-state index is 13.6. The molecule has 0 aliphatic carbocycles. The van der Waals surface area contributed by atoms with E-state index in [0.717, 1.165) is 5.56 Å². The van der Waals surface area contributed by atoms with Crippen molar-refractivity contribution >= 4 is 11.6 Å². The van der Waals surface area contributed by atoms with E-state index in [2.05, 4.69) is 5.32 Å². The van der Waals surface area contributed by atoms with Crippen molar-refractivity contribution in [2.75, 3.05) is 0 Å². The molecule has 0 heterocycles. The number of nitro groups is 1. The minimum absolute atomic E-state index is 0.00669. The second kappa shape index (κ2) is 6.47. The molecule has 0 atom stereocenters. The fourth-order valence-electron chi connectivity index (χ4n) is 1.99. The molecule has 2 aromatic rings. The second-order valence-corrected chi connectivity index (χ2v) is 4.81. The first-order valence-electron chi connectivity index (χ1n) is 6.47. The van der Waals surface area contributed by atoms with Gasteiger partial charge in [-0.05, 0) is 12.5 Å². The van der Waals surface area contributed by atoms with E-state index in [-0.39, 0.29) is 6.54 Å². The zero-order chi connectivity index (χ0) is 17.1. The van der Waals surface area contributed by atoms with Gasteiger partial charge in [-0.15, -0.1) is 0 Å². The van der Waals surface area contributed by atoms with E-state index in [1.165, 1.54) is 0 Å². The fraction of sp³-hybridized carbons (Fsp3) is 0.133. The van der Waals surface area contributed by atoms with E-state index in [1.807, 2.05) is 13.0 Å². The van der Waals surface area contributed by atoms with Gasteiger partial charge in [0.15, 0.2) is 5.82 Å². The van der Waals surface area contributed by atoms with E-state index in [1.54, 1.807) is 18.2 Å². The van der Waals surface area contributed by atoms with Crippen LogP contribution in [0.5, 0.6) is 0 Å². The number of aryl methyl sites for hydroxylation is 1. The molecule has 1 amide bonds. The van der Waals surface area contributed by atoms with Crippen molar-refractivity contribution in [3.05, 3.63) is 74.6 Å². The smallest absolute Gasteiger partial charge is 0.308 e. The van der Waals surface area contributed by atoms with Gasteiger partial charge in [0, 0.05) is 12.6 Å². The van der Waals surface area contributed by atoms with E-state index >= 15 is 0 Å². The highest BCUT2D eigenvalue weighted by molar-refractivity contribution is 5.95. The standard InChI is InChI=1S/C15H11F3N2O3/c1-8-3-2-4-9(5-8)7-19-15(21)10-6-11(20(22)23)13(17)14(18)12(10)16/h2-6H,7H2,1H3,(H,19,21). The first-order chi connectivity index (χ1) is 10.8. The summed E-state index contributed by atoms with van der Waals surface area (Å²) < 4.78 is 40.3. The molecule has 120 valence electrons. The lowest BCUT2D eigenvalue weighted by atomic mass is 10.1. The normalized spacial score (nSPS) is 10.4. The van der Waals surface area contributed by atoms with Gasteiger partial charge in [0.05, 0.1) is 10.5 Å². The minimum atomic E-state index is -2.06. The van der Waals surface area contributed by atoms with Gasteiger partial charge >= 0.3 is 5.69 Å². The van der Waals surface area contributed by atoms with Crippen molar-refractivity contribution in [3.8, 4) is 0 Å². The number of rotatable bonds is 4. The monoisotopic (exact) mass is 324 g/mol. The number of carbonyl (C=O) groups excluding carboxylic acids is 1. The largest absolute Gasteiger partial charge is 0.348 e. The molecule has 8 heteroatoms. The third-order valence-corrected chi connectivity index (χ3v) is 3.10. The quantitative estimate of drug-likeness (QED) is 0.533. The Hall–Kier alpha value is -2.90. The number of nitro benzene ring substituents is 1. The number of amides is 1. The molecule has 0 fully saturated rings. The topological polar surface area (TPSA) is 72.2 Å². The summed E-state index contributed by atoms with van der Waals surface area (Å²) in [6.07, 6.45) is 0. The first kappa shape index (κ1) is 16.5. The van der Waals surface area contributed by atoms with Crippen molar-refractivity contribution in [1.29, 1.82) is 0 Å². The number of carbonyl (C=O) groups is 1. The van der Waals surface area contributed by atoms with E-state index in [9.17, 15) is 28.1 Å². The molecule has 0 spiro atoms. The van der Waals surface area contributed by atoms with E-state index < -0.39 is 39.5 Å². The molecule has 0 aliphatic rings. The van der Waals surface area contributed by atoms with Crippen LogP contribution in [0.1, 0.15) is 21.5 Å². The molecule has 2 aromatic carbocycles. The van der Waals surface area contributed by atoms with Crippen LogP contribution in [0.15, 0.2) is 30.3 Å². The van der Waals surface area contributed by atoms with Gasteiger partial charge in [0.25, 0.3) is 5.91 Å². The number of hydrogen-bond donors (Lipinski definition) is 1. The van der Waals surface area contributed by atoms with Gasteiger partial charge in [-0.25, -0.2) is 8.78 Å². The van der Waals surface area contributed by atoms with Crippen molar-refractivity contribution < 1.29 is 22.9 Å². The summed E-state index contributed by atoms with van der Waals surface area (Å²) in [5.41, 5.74) is -0.588. The third kappa shape index (κ3) is 3.47. The van der Waals surface area contributed by atoms with Gasteiger partial charge in [-0.2, -0.15) is 4.39 Å². The molecular weight excluding hydrogens is 313 g/mol. The zero-order valence-corrected chi connectivity index (χ0v) is 11.9. The summed E-state index contributed by atoms with van der Waals surface area (Å²) in [6, 6.07) is 7.44. The highest BCUT2D eigenvalue weighted by Gasteiger charge is 2.28. The van der Waals surface area contributed by atoms with Gasteiger partial charge in [-0.1, -0.05) is 29.8 Å². The Balaban J connectivity index is 2.27. The van der Waals surface area contributed by atoms with Crippen molar-refractivity contribution in [1.82, 2.24) is 5.32 Å². The fourth-order valence-corrected chi connectivity index (χ4v) is 1.99. The Kier molecular flexibility index (Phi) is 4.63. The molecule has 0 unspecified atom stereocenters. The third-order valence-electron chi connectivity index (χ3n) is 3.10. The predicted molar refractivity (Wildman–Crippen MR) is 75.3 cm³/mol.